The highest BCUT2D eigenvalue weighted by atomic mass is 16.5. The van der Waals surface area contributed by atoms with Gasteiger partial charge >= 0.3 is 0 Å². The number of hydrogen-bond acceptors (Lipinski definition) is 4. The molecule has 1 fully saturated rings. The number of fused-ring (bicyclic) bond motifs is 1. The molecule has 0 unspecified atom stereocenters. The summed E-state index contributed by atoms with van der Waals surface area (Å²) in [5.74, 6) is 1.87. The fourth-order valence-electron chi connectivity index (χ4n) is 2.23. The molecule has 0 saturated carbocycles. The summed E-state index contributed by atoms with van der Waals surface area (Å²) in [6.07, 6.45) is 0. The summed E-state index contributed by atoms with van der Waals surface area (Å²) in [4.78, 5) is 2.20. The van der Waals surface area contributed by atoms with Gasteiger partial charge in [0.2, 0.25) is 0 Å². The first-order valence-corrected chi connectivity index (χ1v) is 6.04. The van der Waals surface area contributed by atoms with E-state index in [1.165, 1.54) is 0 Å². The summed E-state index contributed by atoms with van der Waals surface area (Å²) in [6.45, 7) is 5.64. The lowest BCUT2D eigenvalue weighted by Crippen LogP contribution is -2.61. The second kappa shape index (κ2) is 3.81. The van der Waals surface area contributed by atoms with Crippen LogP contribution in [0.3, 0.4) is 0 Å². The highest BCUT2D eigenvalue weighted by molar-refractivity contribution is 5.62. The first kappa shape index (κ1) is 10.7. The largest absolute Gasteiger partial charge is 0.490 e. The molecule has 4 heteroatoms. The van der Waals surface area contributed by atoms with Crippen LogP contribution in [0.4, 0.5) is 5.69 Å². The van der Waals surface area contributed by atoms with Gasteiger partial charge in [-0.05, 0) is 19.1 Å². The standard InChI is InChI=1S/C13H18N2O2/c1-13(8-14-9-13)17-10-3-4-12-11(7-10)15(2)5-6-16-12/h3-4,7,14H,5-6,8-9H2,1-2H3. The summed E-state index contributed by atoms with van der Waals surface area (Å²) in [7, 11) is 2.08. The molecule has 2 aliphatic rings. The van der Waals surface area contributed by atoms with Crippen LogP contribution in [0.1, 0.15) is 6.92 Å². The minimum Gasteiger partial charge on any atom is -0.490 e. The van der Waals surface area contributed by atoms with Gasteiger partial charge in [-0.1, -0.05) is 0 Å². The minimum atomic E-state index is -0.0532. The van der Waals surface area contributed by atoms with E-state index in [1.807, 2.05) is 12.1 Å². The fraction of sp³-hybridized carbons (Fsp3) is 0.538. The minimum absolute atomic E-state index is 0.0532. The van der Waals surface area contributed by atoms with Gasteiger partial charge in [0.05, 0.1) is 12.2 Å². The molecule has 2 heterocycles. The zero-order valence-corrected chi connectivity index (χ0v) is 10.3. The van der Waals surface area contributed by atoms with Crippen molar-refractivity contribution in [3.05, 3.63) is 18.2 Å². The molecule has 92 valence electrons. The normalized spacial score (nSPS) is 21.2. The Kier molecular flexibility index (Phi) is 2.40. The molecule has 0 amide bonds. The molecule has 4 nitrogen and oxygen atoms in total. The summed E-state index contributed by atoms with van der Waals surface area (Å²) in [6, 6.07) is 6.05. The third-order valence-electron chi connectivity index (χ3n) is 3.39. The van der Waals surface area contributed by atoms with E-state index in [9.17, 15) is 0 Å². The topological polar surface area (TPSA) is 33.7 Å². The van der Waals surface area contributed by atoms with Gasteiger partial charge in [-0.2, -0.15) is 0 Å². The number of likely N-dealkylation sites (N-methyl/N-ethyl adjacent to an activating group) is 1. The van der Waals surface area contributed by atoms with Gasteiger partial charge in [0, 0.05) is 26.2 Å². The molecule has 1 aromatic rings. The SMILES string of the molecule is CN1CCOc2ccc(OC3(C)CNC3)cc21. The maximum atomic E-state index is 6.01. The summed E-state index contributed by atoms with van der Waals surface area (Å²) < 4.78 is 11.6. The van der Waals surface area contributed by atoms with Crippen LogP contribution in [0.15, 0.2) is 18.2 Å². The molecule has 0 bridgehead atoms. The number of benzene rings is 1. The fourth-order valence-corrected chi connectivity index (χ4v) is 2.23. The van der Waals surface area contributed by atoms with Crippen LogP contribution in [0.25, 0.3) is 0 Å². The predicted molar refractivity (Wildman–Crippen MR) is 67.1 cm³/mol. The van der Waals surface area contributed by atoms with Gasteiger partial charge in [-0.3, -0.25) is 0 Å². The average molecular weight is 234 g/mol. The summed E-state index contributed by atoms with van der Waals surface area (Å²) in [5, 5.41) is 3.23. The van der Waals surface area contributed by atoms with Crippen molar-refractivity contribution < 1.29 is 9.47 Å². The Hall–Kier alpha value is -1.42. The Bertz CT molecular complexity index is 429. The lowest BCUT2D eigenvalue weighted by Gasteiger charge is -2.39. The van der Waals surface area contributed by atoms with Crippen LogP contribution in [0.2, 0.25) is 0 Å². The van der Waals surface area contributed by atoms with Gasteiger partial charge in [0.15, 0.2) is 0 Å². The summed E-state index contributed by atoms with van der Waals surface area (Å²) >= 11 is 0. The smallest absolute Gasteiger partial charge is 0.142 e. The Labute approximate surface area is 102 Å². The van der Waals surface area contributed by atoms with Crippen molar-refractivity contribution in [1.29, 1.82) is 0 Å². The third-order valence-corrected chi connectivity index (χ3v) is 3.39. The molecule has 3 rings (SSSR count). The molecule has 0 spiro atoms. The van der Waals surface area contributed by atoms with E-state index in [0.717, 1.165) is 43.4 Å². The first-order valence-electron chi connectivity index (χ1n) is 6.04. The Morgan fingerprint density at radius 3 is 2.94 bits per heavy atom. The Morgan fingerprint density at radius 2 is 2.24 bits per heavy atom. The van der Waals surface area contributed by atoms with E-state index in [0.29, 0.717) is 0 Å². The van der Waals surface area contributed by atoms with E-state index >= 15 is 0 Å². The molecule has 1 aromatic carbocycles. The monoisotopic (exact) mass is 234 g/mol. The number of ether oxygens (including phenoxy) is 2. The Morgan fingerprint density at radius 1 is 1.41 bits per heavy atom. The quantitative estimate of drug-likeness (QED) is 0.835. The molecule has 2 aliphatic heterocycles. The van der Waals surface area contributed by atoms with E-state index in [-0.39, 0.29) is 5.60 Å². The molecule has 1 N–H and O–H groups in total. The molecule has 1 saturated heterocycles. The van der Waals surface area contributed by atoms with E-state index < -0.39 is 0 Å². The number of rotatable bonds is 2. The zero-order valence-electron chi connectivity index (χ0n) is 10.3. The van der Waals surface area contributed by atoms with Crippen molar-refractivity contribution in [3.63, 3.8) is 0 Å². The second-order valence-electron chi connectivity index (χ2n) is 5.06. The van der Waals surface area contributed by atoms with Gasteiger partial charge in [0.1, 0.15) is 23.7 Å². The van der Waals surface area contributed by atoms with Crippen LogP contribution in [-0.2, 0) is 0 Å². The zero-order chi connectivity index (χ0) is 11.9. The van der Waals surface area contributed by atoms with Gasteiger partial charge in [-0.15, -0.1) is 0 Å². The van der Waals surface area contributed by atoms with Crippen LogP contribution in [0, 0.1) is 0 Å². The van der Waals surface area contributed by atoms with Crippen molar-refractivity contribution in [2.45, 2.75) is 12.5 Å². The highest BCUT2D eigenvalue weighted by Gasteiger charge is 2.34. The lowest BCUT2D eigenvalue weighted by molar-refractivity contribution is 0.0348. The van der Waals surface area contributed by atoms with Crippen molar-refractivity contribution in [2.24, 2.45) is 0 Å². The van der Waals surface area contributed by atoms with Gasteiger partial charge in [-0.25, -0.2) is 0 Å². The second-order valence-corrected chi connectivity index (χ2v) is 5.06. The van der Waals surface area contributed by atoms with E-state index in [2.05, 4.69) is 30.3 Å². The molecule has 0 aromatic heterocycles. The van der Waals surface area contributed by atoms with Gasteiger partial charge in [0.25, 0.3) is 0 Å². The van der Waals surface area contributed by atoms with Crippen molar-refractivity contribution >= 4 is 5.69 Å². The lowest BCUT2D eigenvalue weighted by atomic mass is 10.00. The number of anilines is 1. The number of nitrogens with zero attached hydrogens (tertiary/aromatic N) is 1. The van der Waals surface area contributed by atoms with E-state index in [4.69, 9.17) is 9.47 Å². The molecular formula is C13H18N2O2. The van der Waals surface area contributed by atoms with Crippen LogP contribution < -0.4 is 19.7 Å². The highest BCUT2D eigenvalue weighted by Crippen LogP contribution is 2.35. The predicted octanol–water partition coefficient (Wildman–Crippen LogP) is 1.26. The molecular weight excluding hydrogens is 216 g/mol. The van der Waals surface area contributed by atoms with Gasteiger partial charge < -0.3 is 19.7 Å². The maximum absolute atomic E-state index is 6.01. The van der Waals surface area contributed by atoms with Crippen LogP contribution in [0.5, 0.6) is 11.5 Å². The number of nitrogens with one attached hydrogen (secondary N) is 1. The average Bonchev–Trinajstić information content (AvgIpc) is 2.28. The van der Waals surface area contributed by atoms with Crippen molar-refractivity contribution in [3.8, 4) is 11.5 Å². The van der Waals surface area contributed by atoms with Crippen LogP contribution >= 0.6 is 0 Å². The Balaban J connectivity index is 1.84. The maximum Gasteiger partial charge on any atom is 0.142 e. The molecule has 0 radical (unpaired) electrons. The number of hydrogen-bond donors (Lipinski definition) is 1. The summed E-state index contributed by atoms with van der Waals surface area (Å²) in [5.41, 5.74) is 1.06. The molecule has 0 atom stereocenters. The first-order chi connectivity index (χ1) is 8.16. The van der Waals surface area contributed by atoms with Crippen molar-refractivity contribution in [1.82, 2.24) is 5.32 Å². The molecule has 0 aliphatic carbocycles. The van der Waals surface area contributed by atoms with Crippen molar-refractivity contribution in [2.75, 3.05) is 38.2 Å². The van der Waals surface area contributed by atoms with E-state index in [1.54, 1.807) is 0 Å². The third kappa shape index (κ3) is 1.93. The van der Waals surface area contributed by atoms with Crippen LogP contribution in [-0.4, -0.2) is 38.9 Å². The molecule has 17 heavy (non-hydrogen) atoms.